The topological polar surface area (TPSA) is 96.6 Å². The summed E-state index contributed by atoms with van der Waals surface area (Å²) in [7, 11) is -3.20. The standard InChI is InChI=1S/C15H18N4O4S/c1-11-16-14(23-17-11)12-3-5-13(6-4-12)15(20)18-7-9-19(10-8-18)24(2,21)22/h3-6H,7-10H2,1-2H3. The van der Waals surface area contributed by atoms with E-state index < -0.39 is 10.0 Å². The molecule has 128 valence electrons. The van der Waals surface area contributed by atoms with Crippen LogP contribution < -0.4 is 0 Å². The van der Waals surface area contributed by atoms with Gasteiger partial charge in [-0.3, -0.25) is 4.79 Å². The molecule has 1 saturated heterocycles. The Hall–Kier alpha value is -2.26. The van der Waals surface area contributed by atoms with Gasteiger partial charge in [-0.1, -0.05) is 5.16 Å². The fraction of sp³-hybridized carbons (Fsp3) is 0.400. The third-order valence-corrected chi connectivity index (χ3v) is 5.20. The summed E-state index contributed by atoms with van der Waals surface area (Å²) in [5.41, 5.74) is 1.29. The number of sulfonamides is 1. The molecule has 0 saturated carbocycles. The fourth-order valence-electron chi connectivity index (χ4n) is 2.58. The van der Waals surface area contributed by atoms with Crippen LogP contribution in [0.4, 0.5) is 0 Å². The molecule has 2 aromatic rings. The van der Waals surface area contributed by atoms with Gasteiger partial charge in [-0.2, -0.15) is 9.29 Å². The van der Waals surface area contributed by atoms with Crippen molar-refractivity contribution in [3.8, 4) is 11.5 Å². The van der Waals surface area contributed by atoms with E-state index in [0.717, 1.165) is 5.56 Å². The summed E-state index contributed by atoms with van der Waals surface area (Å²) >= 11 is 0. The van der Waals surface area contributed by atoms with Crippen LogP contribution in [0.15, 0.2) is 28.8 Å². The molecule has 3 rings (SSSR count). The Morgan fingerprint density at radius 3 is 2.25 bits per heavy atom. The second-order valence-corrected chi connectivity index (χ2v) is 7.66. The van der Waals surface area contributed by atoms with Crippen molar-refractivity contribution in [2.24, 2.45) is 0 Å². The first kappa shape index (κ1) is 16.6. The SMILES string of the molecule is Cc1noc(-c2ccc(C(=O)N3CCN(S(C)(=O)=O)CC3)cc2)n1. The molecule has 8 nitrogen and oxygen atoms in total. The predicted molar refractivity (Wildman–Crippen MR) is 86.8 cm³/mol. The maximum Gasteiger partial charge on any atom is 0.257 e. The van der Waals surface area contributed by atoms with Gasteiger partial charge in [0.2, 0.25) is 10.0 Å². The second kappa shape index (κ2) is 6.33. The molecule has 1 aromatic carbocycles. The van der Waals surface area contributed by atoms with Crippen LogP contribution in [0.1, 0.15) is 16.2 Å². The van der Waals surface area contributed by atoms with Crippen LogP contribution >= 0.6 is 0 Å². The molecule has 1 aromatic heterocycles. The van der Waals surface area contributed by atoms with Crippen molar-refractivity contribution in [3.63, 3.8) is 0 Å². The van der Waals surface area contributed by atoms with Crippen LogP contribution in [0, 0.1) is 6.92 Å². The highest BCUT2D eigenvalue weighted by Gasteiger charge is 2.26. The highest BCUT2D eigenvalue weighted by Crippen LogP contribution is 2.19. The van der Waals surface area contributed by atoms with Gasteiger partial charge in [0.15, 0.2) is 5.82 Å². The third kappa shape index (κ3) is 3.46. The first-order valence-corrected chi connectivity index (χ1v) is 9.34. The van der Waals surface area contributed by atoms with Crippen LogP contribution in [-0.4, -0.2) is 66.1 Å². The quantitative estimate of drug-likeness (QED) is 0.811. The van der Waals surface area contributed by atoms with Gasteiger partial charge in [-0.15, -0.1) is 0 Å². The van der Waals surface area contributed by atoms with E-state index >= 15 is 0 Å². The number of rotatable bonds is 3. The molecule has 0 bridgehead atoms. The lowest BCUT2D eigenvalue weighted by Crippen LogP contribution is -2.50. The molecule has 2 heterocycles. The second-order valence-electron chi connectivity index (χ2n) is 5.68. The summed E-state index contributed by atoms with van der Waals surface area (Å²) in [6.45, 7) is 3.15. The molecule has 0 unspecified atom stereocenters. The summed E-state index contributed by atoms with van der Waals surface area (Å²) in [6.07, 6.45) is 1.18. The van der Waals surface area contributed by atoms with Crippen molar-refractivity contribution < 1.29 is 17.7 Å². The number of aromatic nitrogens is 2. The molecule has 1 amide bonds. The zero-order chi connectivity index (χ0) is 17.3. The summed E-state index contributed by atoms with van der Waals surface area (Å²) in [6, 6.07) is 6.93. The van der Waals surface area contributed by atoms with Crippen LogP contribution in [0.5, 0.6) is 0 Å². The molecule has 0 N–H and O–H groups in total. The smallest absolute Gasteiger partial charge is 0.257 e. The van der Waals surface area contributed by atoms with Gasteiger partial charge in [0.25, 0.3) is 11.8 Å². The van der Waals surface area contributed by atoms with E-state index in [1.807, 2.05) is 0 Å². The number of hydrogen-bond donors (Lipinski definition) is 0. The molecule has 0 atom stereocenters. The molecule has 0 aliphatic carbocycles. The minimum Gasteiger partial charge on any atom is -0.336 e. The van der Waals surface area contributed by atoms with E-state index in [-0.39, 0.29) is 5.91 Å². The third-order valence-electron chi connectivity index (χ3n) is 3.90. The number of carbonyl (C=O) groups is 1. The number of hydrogen-bond acceptors (Lipinski definition) is 6. The molecular formula is C15H18N4O4S. The zero-order valence-corrected chi connectivity index (χ0v) is 14.3. The molecule has 0 spiro atoms. The monoisotopic (exact) mass is 350 g/mol. The summed E-state index contributed by atoms with van der Waals surface area (Å²) in [4.78, 5) is 18.3. The van der Waals surface area contributed by atoms with Gasteiger partial charge >= 0.3 is 0 Å². The van der Waals surface area contributed by atoms with E-state index in [1.54, 1.807) is 36.1 Å². The molecule has 1 aliphatic rings. The number of piperazine rings is 1. The minimum atomic E-state index is -3.20. The zero-order valence-electron chi connectivity index (χ0n) is 13.5. The van der Waals surface area contributed by atoms with Gasteiger partial charge in [-0.25, -0.2) is 8.42 Å². The van der Waals surface area contributed by atoms with E-state index in [4.69, 9.17) is 4.52 Å². The highest BCUT2D eigenvalue weighted by molar-refractivity contribution is 7.88. The lowest BCUT2D eigenvalue weighted by Gasteiger charge is -2.33. The summed E-state index contributed by atoms with van der Waals surface area (Å²) in [5, 5.41) is 3.74. The number of benzene rings is 1. The van der Waals surface area contributed by atoms with Crippen molar-refractivity contribution in [3.05, 3.63) is 35.7 Å². The Morgan fingerprint density at radius 1 is 1.12 bits per heavy atom. The summed E-state index contributed by atoms with van der Waals surface area (Å²) in [5.74, 6) is 0.846. The van der Waals surface area contributed by atoms with Crippen LogP contribution in [0.25, 0.3) is 11.5 Å². The summed E-state index contributed by atoms with van der Waals surface area (Å²) < 4.78 is 29.5. The van der Waals surface area contributed by atoms with Gasteiger partial charge in [-0.05, 0) is 31.2 Å². The largest absolute Gasteiger partial charge is 0.336 e. The van der Waals surface area contributed by atoms with Gasteiger partial charge < -0.3 is 9.42 Å². The Morgan fingerprint density at radius 2 is 1.75 bits per heavy atom. The van der Waals surface area contributed by atoms with Crippen molar-refractivity contribution in [1.82, 2.24) is 19.3 Å². The van der Waals surface area contributed by atoms with Crippen molar-refractivity contribution in [2.75, 3.05) is 32.4 Å². The fourth-order valence-corrected chi connectivity index (χ4v) is 3.40. The number of amides is 1. The van der Waals surface area contributed by atoms with Crippen molar-refractivity contribution >= 4 is 15.9 Å². The van der Waals surface area contributed by atoms with Gasteiger partial charge in [0.05, 0.1) is 6.26 Å². The number of nitrogens with zero attached hydrogens (tertiary/aromatic N) is 4. The Kier molecular flexibility index (Phi) is 4.37. The average molecular weight is 350 g/mol. The number of aryl methyl sites for hydroxylation is 1. The molecule has 24 heavy (non-hydrogen) atoms. The van der Waals surface area contributed by atoms with Gasteiger partial charge in [0, 0.05) is 37.3 Å². The minimum absolute atomic E-state index is 0.114. The average Bonchev–Trinajstić information content (AvgIpc) is 3.00. The Balaban J connectivity index is 1.68. The van der Waals surface area contributed by atoms with E-state index in [9.17, 15) is 13.2 Å². The van der Waals surface area contributed by atoms with Crippen LogP contribution in [0.2, 0.25) is 0 Å². The normalized spacial score (nSPS) is 16.3. The predicted octanol–water partition coefficient (Wildman–Crippen LogP) is 0.762. The van der Waals surface area contributed by atoms with Crippen molar-refractivity contribution in [1.29, 1.82) is 0 Å². The molecule has 1 fully saturated rings. The van der Waals surface area contributed by atoms with E-state index in [2.05, 4.69) is 10.1 Å². The molecular weight excluding hydrogens is 332 g/mol. The first-order valence-electron chi connectivity index (χ1n) is 7.50. The van der Waals surface area contributed by atoms with Gasteiger partial charge in [0.1, 0.15) is 0 Å². The molecule has 1 aliphatic heterocycles. The Bertz CT molecular complexity index is 837. The number of carbonyl (C=O) groups excluding carboxylic acids is 1. The van der Waals surface area contributed by atoms with Crippen LogP contribution in [0.3, 0.4) is 0 Å². The lowest BCUT2D eigenvalue weighted by molar-refractivity contribution is 0.0698. The first-order chi connectivity index (χ1) is 11.3. The van der Waals surface area contributed by atoms with Crippen molar-refractivity contribution in [2.45, 2.75) is 6.92 Å². The van der Waals surface area contributed by atoms with Crippen LogP contribution in [-0.2, 0) is 10.0 Å². The maximum atomic E-state index is 12.5. The lowest BCUT2D eigenvalue weighted by atomic mass is 10.1. The van der Waals surface area contributed by atoms with E-state index in [0.29, 0.717) is 43.5 Å². The van der Waals surface area contributed by atoms with E-state index in [1.165, 1.54) is 10.6 Å². The Labute approximate surface area is 140 Å². The maximum absolute atomic E-state index is 12.5. The molecule has 0 radical (unpaired) electrons. The molecule has 9 heteroatoms. The highest BCUT2D eigenvalue weighted by atomic mass is 32.2.